The van der Waals surface area contributed by atoms with Gasteiger partial charge in [-0.3, -0.25) is 4.79 Å². The Morgan fingerprint density at radius 2 is 2.28 bits per heavy atom. The summed E-state index contributed by atoms with van der Waals surface area (Å²) in [6.45, 7) is 2.08. The lowest BCUT2D eigenvalue weighted by atomic mass is 10.1. The van der Waals surface area contributed by atoms with Crippen LogP contribution in [-0.2, 0) is 4.79 Å². The molecule has 0 radical (unpaired) electrons. The molecule has 1 amide bonds. The fourth-order valence-electron chi connectivity index (χ4n) is 1.63. The minimum Gasteiger partial charge on any atom is -0.361 e. The van der Waals surface area contributed by atoms with Crippen LogP contribution in [0.25, 0.3) is 0 Å². The van der Waals surface area contributed by atoms with E-state index in [9.17, 15) is 4.79 Å². The van der Waals surface area contributed by atoms with Gasteiger partial charge >= 0.3 is 0 Å². The van der Waals surface area contributed by atoms with Crippen LogP contribution in [0.1, 0.15) is 26.2 Å². The predicted octanol–water partition coefficient (Wildman–Crippen LogP) is 1.60. The maximum absolute atomic E-state index is 11.9. The van der Waals surface area contributed by atoms with Gasteiger partial charge in [0.2, 0.25) is 5.91 Å². The van der Waals surface area contributed by atoms with Gasteiger partial charge < -0.3 is 16.0 Å². The molecule has 18 heavy (non-hydrogen) atoms. The number of nitrogens with two attached hydrogens (primary N) is 1. The number of pyridine rings is 1. The standard InChI is InChI=1S/C13H22N4O/c1-4-5-7-10(14)13(18)16-11-8-6-9-15-12(11)17(2)3/h6,8-10H,4-5,7,14H2,1-3H3,(H,16,18)/t10-/m0/s1. The summed E-state index contributed by atoms with van der Waals surface area (Å²) in [5.74, 6) is 0.577. The number of amides is 1. The minimum atomic E-state index is -0.458. The Bertz CT molecular complexity index is 392. The van der Waals surface area contributed by atoms with Crippen LogP contribution in [0.4, 0.5) is 11.5 Å². The van der Waals surface area contributed by atoms with Crippen molar-refractivity contribution in [3.8, 4) is 0 Å². The van der Waals surface area contributed by atoms with Crippen molar-refractivity contribution in [3.05, 3.63) is 18.3 Å². The number of hydrogen-bond acceptors (Lipinski definition) is 4. The van der Waals surface area contributed by atoms with Gasteiger partial charge in [0.05, 0.1) is 11.7 Å². The first-order valence-corrected chi connectivity index (χ1v) is 6.25. The number of nitrogens with one attached hydrogen (secondary N) is 1. The third-order valence-electron chi connectivity index (χ3n) is 2.67. The van der Waals surface area contributed by atoms with Gasteiger partial charge in [-0.1, -0.05) is 19.8 Å². The van der Waals surface area contributed by atoms with E-state index in [1.165, 1.54) is 0 Å². The average molecular weight is 250 g/mol. The smallest absolute Gasteiger partial charge is 0.241 e. The van der Waals surface area contributed by atoms with Crippen molar-refractivity contribution in [2.45, 2.75) is 32.2 Å². The highest BCUT2D eigenvalue weighted by molar-refractivity contribution is 5.96. The van der Waals surface area contributed by atoms with Crippen molar-refractivity contribution in [1.29, 1.82) is 0 Å². The molecule has 0 aliphatic heterocycles. The van der Waals surface area contributed by atoms with E-state index >= 15 is 0 Å². The van der Waals surface area contributed by atoms with Gasteiger partial charge in [0.1, 0.15) is 0 Å². The van der Waals surface area contributed by atoms with E-state index in [2.05, 4.69) is 17.2 Å². The molecule has 0 aromatic carbocycles. The molecule has 0 unspecified atom stereocenters. The van der Waals surface area contributed by atoms with E-state index < -0.39 is 6.04 Å². The summed E-state index contributed by atoms with van der Waals surface area (Å²) in [6, 6.07) is 3.16. The number of anilines is 2. The second kappa shape index (κ2) is 6.96. The zero-order valence-corrected chi connectivity index (χ0v) is 11.3. The molecule has 1 heterocycles. The largest absolute Gasteiger partial charge is 0.361 e. The first kappa shape index (κ1) is 14.4. The number of rotatable bonds is 6. The van der Waals surface area contributed by atoms with Crippen LogP contribution in [0, 0.1) is 0 Å². The van der Waals surface area contributed by atoms with Crippen LogP contribution >= 0.6 is 0 Å². The molecular weight excluding hydrogens is 228 g/mol. The van der Waals surface area contributed by atoms with E-state index in [1.807, 2.05) is 25.1 Å². The van der Waals surface area contributed by atoms with Crippen LogP contribution in [0.3, 0.4) is 0 Å². The summed E-state index contributed by atoms with van der Waals surface area (Å²) in [7, 11) is 3.77. The number of unbranched alkanes of at least 4 members (excludes halogenated alkanes) is 1. The van der Waals surface area contributed by atoms with Gasteiger partial charge in [0.15, 0.2) is 5.82 Å². The lowest BCUT2D eigenvalue weighted by molar-refractivity contribution is -0.117. The zero-order chi connectivity index (χ0) is 13.5. The number of hydrogen-bond donors (Lipinski definition) is 2. The summed E-state index contributed by atoms with van der Waals surface area (Å²) in [4.78, 5) is 18.0. The van der Waals surface area contributed by atoms with Gasteiger partial charge in [0.25, 0.3) is 0 Å². The van der Waals surface area contributed by atoms with Gasteiger partial charge in [-0.25, -0.2) is 4.98 Å². The summed E-state index contributed by atoms with van der Waals surface area (Å²) >= 11 is 0. The van der Waals surface area contributed by atoms with E-state index in [0.717, 1.165) is 18.7 Å². The fourth-order valence-corrected chi connectivity index (χ4v) is 1.63. The number of carbonyl (C=O) groups excluding carboxylic acids is 1. The van der Waals surface area contributed by atoms with Gasteiger partial charge in [-0.05, 0) is 18.6 Å². The molecule has 100 valence electrons. The monoisotopic (exact) mass is 250 g/mol. The van der Waals surface area contributed by atoms with Crippen molar-refractivity contribution in [3.63, 3.8) is 0 Å². The molecule has 1 aromatic heterocycles. The lowest BCUT2D eigenvalue weighted by Gasteiger charge is -2.18. The van der Waals surface area contributed by atoms with Crippen LogP contribution in [0.15, 0.2) is 18.3 Å². The van der Waals surface area contributed by atoms with E-state index in [1.54, 1.807) is 12.3 Å². The Hall–Kier alpha value is -1.62. The molecule has 5 heteroatoms. The highest BCUT2D eigenvalue weighted by Crippen LogP contribution is 2.20. The van der Waals surface area contributed by atoms with Crippen molar-refractivity contribution in [1.82, 2.24) is 4.98 Å². The lowest BCUT2D eigenvalue weighted by Crippen LogP contribution is -2.35. The SMILES string of the molecule is CCCC[C@H](N)C(=O)Nc1cccnc1N(C)C. The molecular formula is C13H22N4O. The third kappa shape index (κ3) is 4.00. The molecule has 0 spiro atoms. The Labute approximate surface area is 108 Å². The highest BCUT2D eigenvalue weighted by Gasteiger charge is 2.15. The summed E-state index contributed by atoms with van der Waals surface area (Å²) in [5.41, 5.74) is 6.53. The van der Waals surface area contributed by atoms with Crippen LogP contribution in [-0.4, -0.2) is 31.0 Å². The topological polar surface area (TPSA) is 71.2 Å². The number of aromatic nitrogens is 1. The van der Waals surface area contributed by atoms with Crippen molar-refractivity contribution < 1.29 is 4.79 Å². The Balaban J connectivity index is 2.69. The normalized spacial score (nSPS) is 12.0. The molecule has 0 aliphatic carbocycles. The van der Waals surface area contributed by atoms with Crippen molar-refractivity contribution in [2.24, 2.45) is 5.73 Å². The second-order valence-electron chi connectivity index (χ2n) is 4.51. The van der Waals surface area contributed by atoms with Crippen molar-refractivity contribution in [2.75, 3.05) is 24.3 Å². The maximum Gasteiger partial charge on any atom is 0.241 e. The second-order valence-corrected chi connectivity index (χ2v) is 4.51. The zero-order valence-electron chi connectivity index (χ0n) is 11.3. The summed E-state index contributed by atoms with van der Waals surface area (Å²) in [5, 5.41) is 2.83. The predicted molar refractivity (Wildman–Crippen MR) is 74.7 cm³/mol. The maximum atomic E-state index is 11.9. The van der Waals surface area contributed by atoms with Gasteiger partial charge in [0, 0.05) is 20.3 Å². The Morgan fingerprint density at radius 1 is 1.56 bits per heavy atom. The average Bonchev–Trinajstić information content (AvgIpc) is 2.36. The molecule has 1 rings (SSSR count). The minimum absolute atomic E-state index is 0.153. The molecule has 5 nitrogen and oxygen atoms in total. The molecule has 1 aromatic rings. The number of nitrogens with zero attached hydrogens (tertiary/aromatic N) is 2. The van der Waals surface area contributed by atoms with E-state index in [4.69, 9.17) is 5.73 Å². The van der Waals surface area contributed by atoms with Crippen LogP contribution in [0.2, 0.25) is 0 Å². The highest BCUT2D eigenvalue weighted by atomic mass is 16.2. The fraction of sp³-hybridized carbons (Fsp3) is 0.538. The molecule has 1 atom stereocenters. The van der Waals surface area contributed by atoms with E-state index in [0.29, 0.717) is 12.1 Å². The van der Waals surface area contributed by atoms with Crippen LogP contribution in [0.5, 0.6) is 0 Å². The third-order valence-corrected chi connectivity index (χ3v) is 2.67. The van der Waals surface area contributed by atoms with Gasteiger partial charge in [-0.2, -0.15) is 0 Å². The first-order valence-electron chi connectivity index (χ1n) is 6.25. The first-order chi connectivity index (χ1) is 8.56. The molecule has 0 bridgehead atoms. The molecule has 0 aliphatic rings. The van der Waals surface area contributed by atoms with E-state index in [-0.39, 0.29) is 5.91 Å². The quantitative estimate of drug-likeness (QED) is 0.804. The summed E-state index contributed by atoms with van der Waals surface area (Å²) in [6.07, 6.45) is 4.40. The Kier molecular flexibility index (Phi) is 5.58. The molecule has 3 N–H and O–H groups in total. The van der Waals surface area contributed by atoms with Crippen molar-refractivity contribution >= 4 is 17.4 Å². The molecule has 0 fully saturated rings. The number of carbonyl (C=O) groups is 1. The molecule has 0 saturated heterocycles. The summed E-state index contributed by atoms with van der Waals surface area (Å²) < 4.78 is 0. The molecule has 0 saturated carbocycles. The van der Waals surface area contributed by atoms with Gasteiger partial charge in [-0.15, -0.1) is 0 Å². The Morgan fingerprint density at radius 3 is 2.89 bits per heavy atom. The van der Waals surface area contributed by atoms with Crippen LogP contribution < -0.4 is 16.0 Å².